The largest absolute Gasteiger partial charge is 0.477 e. The Labute approximate surface area is 154 Å². The summed E-state index contributed by atoms with van der Waals surface area (Å²) in [6, 6.07) is 7.09. The van der Waals surface area contributed by atoms with Crippen LogP contribution in [-0.2, 0) is 14.6 Å². The van der Waals surface area contributed by atoms with Gasteiger partial charge in [-0.3, -0.25) is 4.79 Å². The fourth-order valence-electron chi connectivity index (χ4n) is 3.00. The van der Waals surface area contributed by atoms with Gasteiger partial charge in [-0.15, -0.1) is 12.4 Å². The molecule has 0 aliphatic carbocycles. The van der Waals surface area contributed by atoms with Crippen LogP contribution < -0.4 is 15.4 Å². The zero-order chi connectivity index (χ0) is 17.2. The van der Waals surface area contributed by atoms with E-state index in [0.717, 1.165) is 11.0 Å². The molecule has 2 N–H and O–H groups in total. The van der Waals surface area contributed by atoms with Crippen LogP contribution in [0.4, 0.5) is 0 Å². The maximum absolute atomic E-state index is 12.9. The Kier molecular flexibility index (Phi) is 6.13. The van der Waals surface area contributed by atoms with Crippen LogP contribution in [0.1, 0.15) is 18.4 Å². The normalized spacial score (nSPS) is 23.5. The number of benzene rings is 1. The van der Waals surface area contributed by atoms with E-state index in [1.165, 1.54) is 6.08 Å². The van der Waals surface area contributed by atoms with Crippen molar-refractivity contribution in [1.82, 2.24) is 10.6 Å². The number of hydrogen-bond acceptors (Lipinski definition) is 5. The van der Waals surface area contributed by atoms with E-state index in [-0.39, 0.29) is 24.1 Å². The van der Waals surface area contributed by atoms with Gasteiger partial charge >= 0.3 is 0 Å². The first-order valence-electron chi connectivity index (χ1n) is 8.07. The molecule has 8 heteroatoms. The van der Waals surface area contributed by atoms with Gasteiger partial charge in [0.15, 0.2) is 15.4 Å². The predicted molar refractivity (Wildman–Crippen MR) is 98.7 cm³/mol. The summed E-state index contributed by atoms with van der Waals surface area (Å²) in [7, 11) is -3.20. The molecule has 0 spiro atoms. The molecule has 1 atom stereocenters. The number of carbonyl (C=O) groups is 1. The number of halogens is 1. The van der Waals surface area contributed by atoms with Crippen LogP contribution in [0.2, 0.25) is 0 Å². The van der Waals surface area contributed by atoms with E-state index >= 15 is 0 Å². The molecule has 138 valence electrons. The van der Waals surface area contributed by atoms with Crippen LogP contribution in [0.3, 0.4) is 0 Å². The van der Waals surface area contributed by atoms with Gasteiger partial charge in [0.05, 0.1) is 11.8 Å². The van der Waals surface area contributed by atoms with E-state index in [1.807, 2.05) is 31.2 Å². The molecule has 0 bridgehead atoms. The maximum atomic E-state index is 12.9. The first-order chi connectivity index (χ1) is 11.4. The van der Waals surface area contributed by atoms with Gasteiger partial charge in [0.1, 0.15) is 5.75 Å². The van der Waals surface area contributed by atoms with E-state index in [1.54, 1.807) is 0 Å². The molecule has 1 aromatic rings. The monoisotopic (exact) mass is 386 g/mol. The molecule has 25 heavy (non-hydrogen) atoms. The van der Waals surface area contributed by atoms with Crippen LogP contribution >= 0.6 is 12.4 Å². The number of ether oxygens (including phenoxy) is 1. The molecule has 1 saturated heterocycles. The van der Waals surface area contributed by atoms with Gasteiger partial charge in [-0.05, 0) is 38.2 Å². The molecule has 1 aromatic carbocycles. The number of nitrogens with one attached hydrogen (secondary N) is 2. The summed E-state index contributed by atoms with van der Waals surface area (Å²) in [4.78, 5) is 12.9. The predicted octanol–water partition coefficient (Wildman–Crippen LogP) is 1.34. The highest BCUT2D eigenvalue weighted by molar-refractivity contribution is 7.94. The summed E-state index contributed by atoms with van der Waals surface area (Å²) in [6.07, 6.45) is 2.60. The first kappa shape index (κ1) is 19.8. The molecule has 1 amide bonds. The van der Waals surface area contributed by atoms with Gasteiger partial charge in [0.2, 0.25) is 0 Å². The lowest BCUT2D eigenvalue weighted by Crippen LogP contribution is -2.58. The van der Waals surface area contributed by atoms with Crippen LogP contribution in [0.5, 0.6) is 5.75 Å². The fraction of sp³-hybridized carbons (Fsp3) is 0.471. The van der Waals surface area contributed by atoms with E-state index < -0.39 is 21.5 Å². The summed E-state index contributed by atoms with van der Waals surface area (Å²) in [5.41, 5.74) is 0.146. The number of carbonyl (C=O) groups excluding carboxylic acids is 1. The average Bonchev–Trinajstić information content (AvgIpc) is 2.89. The molecule has 0 aromatic heterocycles. The van der Waals surface area contributed by atoms with Crippen molar-refractivity contribution in [3.8, 4) is 5.75 Å². The number of rotatable bonds is 4. The highest BCUT2D eigenvalue weighted by Gasteiger charge is 2.43. The van der Waals surface area contributed by atoms with Crippen LogP contribution in [-0.4, -0.2) is 44.8 Å². The highest BCUT2D eigenvalue weighted by Crippen LogP contribution is 2.27. The van der Waals surface area contributed by atoms with Crippen molar-refractivity contribution in [1.29, 1.82) is 0 Å². The van der Waals surface area contributed by atoms with Gasteiger partial charge in [-0.25, -0.2) is 8.42 Å². The Bertz CT molecular complexity index is 740. The SMILES string of the molecule is Cc1ccc(OC2(C(=O)NC3C=CS(=O)(=O)C3)CCNCC2)cc1.Cl. The Morgan fingerprint density at radius 2 is 1.88 bits per heavy atom. The number of sulfone groups is 1. The van der Waals surface area contributed by atoms with Gasteiger partial charge in [0, 0.05) is 18.2 Å². The van der Waals surface area contributed by atoms with Crippen molar-refractivity contribution < 1.29 is 17.9 Å². The summed E-state index contributed by atoms with van der Waals surface area (Å²) < 4.78 is 29.1. The Morgan fingerprint density at radius 3 is 2.44 bits per heavy atom. The smallest absolute Gasteiger partial charge is 0.264 e. The lowest BCUT2D eigenvalue weighted by Gasteiger charge is -2.37. The summed E-state index contributed by atoms with van der Waals surface area (Å²) in [5.74, 6) is 0.306. The highest BCUT2D eigenvalue weighted by atomic mass is 35.5. The zero-order valence-electron chi connectivity index (χ0n) is 14.0. The molecule has 0 radical (unpaired) electrons. The quantitative estimate of drug-likeness (QED) is 0.815. The minimum atomic E-state index is -3.20. The molecule has 6 nitrogen and oxygen atoms in total. The second kappa shape index (κ2) is 7.76. The van der Waals surface area contributed by atoms with Gasteiger partial charge in [-0.2, -0.15) is 0 Å². The van der Waals surface area contributed by atoms with Crippen LogP contribution in [0.15, 0.2) is 35.7 Å². The maximum Gasteiger partial charge on any atom is 0.264 e. The van der Waals surface area contributed by atoms with Gasteiger partial charge < -0.3 is 15.4 Å². The van der Waals surface area contributed by atoms with E-state index in [4.69, 9.17) is 4.74 Å². The zero-order valence-corrected chi connectivity index (χ0v) is 15.7. The Morgan fingerprint density at radius 1 is 1.24 bits per heavy atom. The molecule has 1 fully saturated rings. The number of hydrogen-bond donors (Lipinski definition) is 2. The van der Waals surface area contributed by atoms with Crippen molar-refractivity contribution in [2.24, 2.45) is 0 Å². The van der Waals surface area contributed by atoms with Gasteiger partial charge in [0.25, 0.3) is 5.91 Å². The molecule has 2 heterocycles. The van der Waals surface area contributed by atoms with Crippen LogP contribution in [0, 0.1) is 6.92 Å². The van der Waals surface area contributed by atoms with E-state index in [2.05, 4.69) is 10.6 Å². The second-order valence-corrected chi connectivity index (χ2v) is 8.33. The van der Waals surface area contributed by atoms with E-state index in [0.29, 0.717) is 31.7 Å². The molecule has 2 aliphatic rings. The van der Waals surface area contributed by atoms with Crippen molar-refractivity contribution in [2.75, 3.05) is 18.8 Å². The summed E-state index contributed by atoms with van der Waals surface area (Å²) in [5, 5.41) is 7.21. The summed E-state index contributed by atoms with van der Waals surface area (Å²) in [6.45, 7) is 3.35. The minimum absolute atomic E-state index is 0. The average molecular weight is 387 g/mol. The number of aryl methyl sites for hydroxylation is 1. The minimum Gasteiger partial charge on any atom is -0.477 e. The molecule has 1 unspecified atom stereocenters. The number of amides is 1. The topological polar surface area (TPSA) is 84.5 Å². The van der Waals surface area contributed by atoms with Crippen molar-refractivity contribution >= 4 is 28.2 Å². The van der Waals surface area contributed by atoms with Gasteiger partial charge in [-0.1, -0.05) is 17.7 Å². The van der Waals surface area contributed by atoms with Crippen molar-refractivity contribution in [3.05, 3.63) is 41.3 Å². The summed E-state index contributed by atoms with van der Waals surface area (Å²) >= 11 is 0. The Balaban J connectivity index is 0.00000225. The second-order valence-electron chi connectivity index (χ2n) is 6.40. The molecular formula is C17H23ClN2O4S. The lowest BCUT2D eigenvalue weighted by molar-refractivity contribution is -0.139. The third kappa shape index (κ3) is 4.74. The molecular weight excluding hydrogens is 364 g/mol. The fourth-order valence-corrected chi connectivity index (χ4v) is 4.24. The lowest BCUT2D eigenvalue weighted by atomic mass is 9.90. The van der Waals surface area contributed by atoms with E-state index in [9.17, 15) is 13.2 Å². The number of piperidine rings is 1. The molecule has 2 aliphatic heterocycles. The van der Waals surface area contributed by atoms with Crippen molar-refractivity contribution in [2.45, 2.75) is 31.4 Å². The third-order valence-electron chi connectivity index (χ3n) is 4.41. The molecule has 0 saturated carbocycles. The standard InChI is InChI=1S/C17H22N2O4S.ClH/c1-13-2-4-15(5-3-13)23-17(7-9-18-10-8-17)16(20)19-14-6-11-24(21,22)12-14;/h2-6,11,14,18H,7-10,12H2,1H3,(H,19,20);1H. The van der Waals surface area contributed by atoms with Crippen molar-refractivity contribution in [3.63, 3.8) is 0 Å². The first-order valence-corrected chi connectivity index (χ1v) is 9.78. The Hall–Kier alpha value is -1.57. The third-order valence-corrected chi connectivity index (χ3v) is 5.80. The van der Waals surface area contributed by atoms with Crippen LogP contribution in [0.25, 0.3) is 0 Å². The molecule has 3 rings (SSSR count).